The lowest BCUT2D eigenvalue weighted by atomic mass is 9.98. The summed E-state index contributed by atoms with van der Waals surface area (Å²) in [5.74, 6) is -0.220. The van der Waals surface area contributed by atoms with Gasteiger partial charge in [-0.2, -0.15) is 0 Å². The summed E-state index contributed by atoms with van der Waals surface area (Å²) in [5, 5.41) is 3.05. The SMILES string of the molecule is CCc1ccc(C(CNC(=O)CCN2C(=O)c3ccccc3N3C(=O)CCC23C)N(C)C)cc1. The third kappa shape index (κ3) is 4.32. The molecule has 2 aromatic carbocycles. The molecule has 0 radical (unpaired) electrons. The molecule has 0 saturated carbocycles. The van der Waals surface area contributed by atoms with Gasteiger partial charge in [0.15, 0.2) is 0 Å². The van der Waals surface area contributed by atoms with Crippen LogP contribution in [0.4, 0.5) is 5.69 Å². The number of rotatable bonds is 8. The molecule has 2 aliphatic rings. The number of para-hydroxylation sites is 1. The summed E-state index contributed by atoms with van der Waals surface area (Å²) in [4.78, 5) is 44.4. The van der Waals surface area contributed by atoms with E-state index in [-0.39, 0.29) is 36.7 Å². The van der Waals surface area contributed by atoms with Crippen LogP contribution in [0.2, 0.25) is 0 Å². The predicted octanol–water partition coefficient (Wildman–Crippen LogP) is 3.36. The van der Waals surface area contributed by atoms with Crippen molar-refractivity contribution in [3.8, 4) is 0 Å². The van der Waals surface area contributed by atoms with Crippen molar-refractivity contribution in [3.63, 3.8) is 0 Å². The van der Waals surface area contributed by atoms with Gasteiger partial charge >= 0.3 is 0 Å². The summed E-state index contributed by atoms with van der Waals surface area (Å²) in [6.07, 6.45) is 2.12. The molecule has 34 heavy (non-hydrogen) atoms. The average molecular weight is 463 g/mol. The van der Waals surface area contributed by atoms with E-state index in [0.717, 1.165) is 12.0 Å². The summed E-state index contributed by atoms with van der Waals surface area (Å²) < 4.78 is 0. The fraction of sp³-hybridized carbons (Fsp3) is 0.444. The number of hydrogen-bond acceptors (Lipinski definition) is 4. The Morgan fingerprint density at radius 2 is 1.82 bits per heavy atom. The summed E-state index contributed by atoms with van der Waals surface area (Å²) in [7, 11) is 4.00. The average Bonchev–Trinajstić information content (AvgIpc) is 3.14. The lowest BCUT2D eigenvalue weighted by Crippen LogP contribution is -2.62. The molecule has 2 aliphatic heterocycles. The number of nitrogens with zero attached hydrogens (tertiary/aromatic N) is 3. The Balaban J connectivity index is 1.43. The van der Waals surface area contributed by atoms with Crippen molar-refractivity contribution in [2.24, 2.45) is 0 Å². The lowest BCUT2D eigenvalue weighted by molar-refractivity contribution is -0.121. The number of aryl methyl sites for hydroxylation is 1. The maximum atomic E-state index is 13.3. The predicted molar refractivity (Wildman–Crippen MR) is 132 cm³/mol. The molecule has 180 valence electrons. The summed E-state index contributed by atoms with van der Waals surface area (Å²) in [5.41, 5.74) is 2.87. The molecule has 2 aromatic rings. The van der Waals surface area contributed by atoms with Gasteiger partial charge in [0.05, 0.1) is 17.3 Å². The standard InChI is InChI=1S/C27H34N4O3/c1-5-19-10-12-20(13-11-19)23(29(3)4)18-28-24(32)15-17-30-26(34)21-8-6-7-9-22(21)31-25(33)14-16-27(30,31)2/h6-13,23H,5,14-18H2,1-4H3,(H,28,32). The Morgan fingerprint density at radius 1 is 1.12 bits per heavy atom. The minimum absolute atomic E-state index is 0.0137. The zero-order valence-electron chi connectivity index (χ0n) is 20.5. The van der Waals surface area contributed by atoms with Gasteiger partial charge in [0.2, 0.25) is 11.8 Å². The molecule has 0 bridgehead atoms. The van der Waals surface area contributed by atoms with Crippen LogP contribution in [0.15, 0.2) is 48.5 Å². The second-order valence-corrected chi connectivity index (χ2v) is 9.55. The van der Waals surface area contributed by atoms with E-state index in [4.69, 9.17) is 0 Å². The third-order valence-electron chi connectivity index (χ3n) is 7.20. The van der Waals surface area contributed by atoms with Crippen molar-refractivity contribution < 1.29 is 14.4 Å². The highest BCUT2D eigenvalue weighted by Crippen LogP contribution is 2.43. The Hall–Kier alpha value is -3.19. The minimum atomic E-state index is -0.740. The highest BCUT2D eigenvalue weighted by atomic mass is 16.2. The molecule has 1 fully saturated rings. The van der Waals surface area contributed by atoms with Crippen LogP contribution in [-0.2, 0) is 16.0 Å². The zero-order chi connectivity index (χ0) is 24.5. The largest absolute Gasteiger partial charge is 0.354 e. The van der Waals surface area contributed by atoms with E-state index in [0.29, 0.717) is 30.6 Å². The van der Waals surface area contributed by atoms with Crippen molar-refractivity contribution in [2.45, 2.75) is 51.2 Å². The molecule has 1 N–H and O–H groups in total. The molecule has 7 nitrogen and oxygen atoms in total. The van der Waals surface area contributed by atoms with Gasteiger partial charge in [0.1, 0.15) is 5.66 Å². The Kier molecular flexibility index (Phi) is 6.75. The van der Waals surface area contributed by atoms with Gasteiger partial charge in [-0.25, -0.2) is 0 Å². The molecule has 2 unspecified atom stereocenters. The number of anilines is 1. The maximum Gasteiger partial charge on any atom is 0.257 e. The topological polar surface area (TPSA) is 73.0 Å². The maximum absolute atomic E-state index is 13.3. The summed E-state index contributed by atoms with van der Waals surface area (Å²) >= 11 is 0. The van der Waals surface area contributed by atoms with Gasteiger partial charge in [0.25, 0.3) is 5.91 Å². The van der Waals surface area contributed by atoms with Gasteiger partial charge < -0.3 is 15.1 Å². The molecular formula is C27H34N4O3. The fourth-order valence-electron chi connectivity index (χ4n) is 5.13. The smallest absolute Gasteiger partial charge is 0.257 e. The van der Waals surface area contributed by atoms with Gasteiger partial charge in [-0.15, -0.1) is 0 Å². The molecule has 0 aliphatic carbocycles. The quantitative estimate of drug-likeness (QED) is 0.653. The first kappa shape index (κ1) is 24.0. The molecule has 7 heteroatoms. The van der Waals surface area contributed by atoms with Crippen molar-refractivity contribution in [1.29, 1.82) is 0 Å². The monoisotopic (exact) mass is 462 g/mol. The Labute approximate surface area is 201 Å². The van der Waals surface area contributed by atoms with E-state index < -0.39 is 5.66 Å². The van der Waals surface area contributed by atoms with E-state index in [2.05, 4.69) is 41.4 Å². The first-order chi connectivity index (χ1) is 16.3. The number of likely N-dealkylation sites (N-methyl/N-ethyl adjacent to an activating group) is 1. The normalized spacial score (nSPS) is 20.4. The molecule has 0 spiro atoms. The highest BCUT2D eigenvalue weighted by Gasteiger charge is 2.52. The number of nitrogens with one attached hydrogen (secondary N) is 1. The van der Waals surface area contributed by atoms with Gasteiger partial charge in [-0.3, -0.25) is 19.3 Å². The summed E-state index contributed by atoms with van der Waals surface area (Å²) in [6.45, 7) is 4.80. The van der Waals surface area contributed by atoms with Crippen LogP contribution in [0.3, 0.4) is 0 Å². The zero-order valence-corrected chi connectivity index (χ0v) is 20.5. The number of benzene rings is 2. The molecular weight excluding hydrogens is 428 g/mol. The number of carbonyl (C=O) groups excluding carboxylic acids is 3. The van der Waals surface area contributed by atoms with Gasteiger partial charge in [-0.05, 0) is 57.1 Å². The first-order valence-electron chi connectivity index (χ1n) is 12.0. The minimum Gasteiger partial charge on any atom is -0.354 e. The van der Waals surface area contributed by atoms with E-state index in [1.165, 1.54) is 5.56 Å². The van der Waals surface area contributed by atoms with Crippen molar-refractivity contribution in [1.82, 2.24) is 15.1 Å². The fourth-order valence-corrected chi connectivity index (χ4v) is 5.13. The third-order valence-corrected chi connectivity index (χ3v) is 7.20. The molecule has 1 saturated heterocycles. The summed E-state index contributed by atoms with van der Waals surface area (Å²) in [6, 6.07) is 15.8. The first-order valence-corrected chi connectivity index (χ1v) is 12.0. The van der Waals surface area contributed by atoms with Crippen LogP contribution in [0.5, 0.6) is 0 Å². The second-order valence-electron chi connectivity index (χ2n) is 9.55. The van der Waals surface area contributed by atoms with Crippen LogP contribution in [-0.4, -0.2) is 60.4 Å². The van der Waals surface area contributed by atoms with E-state index >= 15 is 0 Å². The van der Waals surface area contributed by atoms with Crippen LogP contribution in [0.25, 0.3) is 0 Å². The molecule has 3 amide bonds. The van der Waals surface area contributed by atoms with Crippen LogP contribution in [0.1, 0.15) is 60.6 Å². The van der Waals surface area contributed by atoms with Crippen molar-refractivity contribution in [3.05, 3.63) is 65.2 Å². The van der Waals surface area contributed by atoms with Gasteiger partial charge in [-0.1, -0.05) is 43.3 Å². The molecule has 4 rings (SSSR count). The molecule has 2 heterocycles. The van der Waals surface area contributed by atoms with E-state index in [1.54, 1.807) is 21.9 Å². The number of hydrogen-bond donors (Lipinski definition) is 1. The number of amides is 3. The molecule has 2 atom stereocenters. The molecule has 0 aromatic heterocycles. The highest BCUT2D eigenvalue weighted by molar-refractivity contribution is 6.10. The Morgan fingerprint density at radius 3 is 2.50 bits per heavy atom. The van der Waals surface area contributed by atoms with E-state index in [1.807, 2.05) is 33.2 Å². The van der Waals surface area contributed by atoms with Crippen LogP contribution < -0.4 is 10.2 Å². The van der Waals surface area contributed by atoms with Gasteiger partial charge in [0, 0.05) is 25.9 Å². The van der Waals surface area contributed by atoms with E-state index in [9.17, 15) is 14.4 Å². The van der Waals surface area contributed by atoms with Crippen molar-refractivity contribution >= 4 is 23.4 Å². The van der Waals surface area contributed by atoms with Crippen molar-refractivity contribution in [2.75, 3.05) is 32.1 Å². The Bertz CT molecular complexity index is 1080. The lowest BCUT2D eigenvalue weighted by Gasteiger charge is -2.48. The van der Waals surface area contributed by atoms with Crippen LogP contribution >= 0.6 is 0 Å². The number of fused-ring (bicyclic) bond motifs is 3. The second kappa shape index (κ2) is 9.58. The number of carbonyl (C=O) groups is 3. The van der Waals surface area contributed by atoms with Crippen LogP contribution in [0, 0.1) is 0 Å².